The molecule has 1 aromatic heterocycles. The zero-order valence-electron chi connectivity index (χ0n) is 20.1. The van der Waals surface area contributed by atoms with Gasteiger partial charge in [-0.2, -0.15) is 4.31 Å². The molecule has 0 spiro atoms. The van der Waals surface area contributed by atoms with Gasteiger partial charge in [0.15, 0.2) is 11.6 Å². The molecule has 0 radical (unpaired) electrons. The summed E-state index contributed by atoms with van der Waals surface area (Å²) in [5.41, 5.74) is 4.77. The molecule has 1 heterocycles. The van der Waals surface area contributed by atoms with Gasteiger partial charge in [-0.25, -0.2) is 18.2 Å². The molecule has 0 amide bonds. The van der Waals surface area contributed by atoms with Crippen LogP contribution in [0.4, 0.5) is 0 Å². The molecule has 35 heavy (non-hydrogen) atoms. The van der Waals surface area contributed by atoms with Crippen LogP contribution in [0.15, 0.2) is 65.8 Å². The summed E-state index contributed by atoms with van der Waals surface area (Å²) in [5, 5.41) is 8.96. The molecule has 2 aromatic carbocycles. The molecule has 4 rings (SSSR count). The fraction of sp³-hybridized carbons (Fsp3) is 0.333. The summed E-state index contributed by atoms with van der Waals surface area (Å²) in [6, 6.07) is 16.5. The number of carbonyl (C=O) groups is 1. The third-order valence-electron chi connectivity index (χ3n) is 6.49. The molecule has 0 saturated heterocycles. The van der Waals surface area contributed by atoms with E-state index in [0.29, 0.717) is 24.5 Å². The van der Waals surface area contributed by atoms with Crippen molar-refractivity contribution in [3.8, 4) is 16.9 Å². The summed E-state index contributed by atoms with van der Waals surface area (Å²) in [4.78, 5) is 15.3. The van der Waals surface area contributed by atoms with Gasteiger partial charge in [0.2, 0.25) is 0 Å². The summed E-state index contributed by atoms with van der Waals surface area (Å²) in [6.07, 6.45) is 3.74. The Balaban J connectivity index is 1.60. The van der Waals surface area contributed by atoms with Crippen molar-refractivity contribution in [1.29, 1.82) is 0 Å². The molecule has 0 saturated carbocycles. The van der Waals surface area contributed by atoms with E-state index in [9.17, 15) is 13.2 Å². The normalized spacial score (nSPS) is 15.7. The van der Waals surface area contributed by atoms with Gasteiger partial charge in [0.25, 0.3) is 10.0 Å². The zero-order valence-corrected chi connectivity index (χ0v) is 21.0. The van der Waals surface area contributed by atoms with Gasteiger partial charge in [-0.1, -0.05) is 50.2 Å². The number of nitrogens with zero attached hydrogens (tertiary/aromatic N) is 2. The maximum atomic E-state index is 13.5. The largest absolute Gasteiger partial charge is 0.482 e. The second kappa shape index (κ2) is 10.2. The first kappa shape index (κ1) is 24.9. The first-order valence-corrected chi connectivity index (χ1v) is 13.1. The number of sulfonamides is 1. The maximum absolute atomic E-state index is 13.5. The number of rotatable bonds is 8. The Hall–Kier alpha value is -3.23. The quantitative estimate of drug-likeness (QED) is 0.472. The van der Waals surface area contributed by atoms with Crippen LogP contribution in [0.25, 0.3) is 11.1 Å². The van der Waals surface area contributed by atoms with Crippen LogP contribution in [0.1, 0.15) is 55.3 Å². The molecule has 3 aromatic rings. The molecule has 0 bridgehead atoms. The van der Waals surface area contributed by atoms with E-state index in [1.807, 2.05) is 18.2 Å². The highest BCUT2D eigenvalue weighted by Crippen LogP contribution is 2.40. The Morgan fingerprint density at radius 1 is 1.14 bits per heavy atom. The number of hydrogen-bond donors (Lipinski definition) is 1. The minimum Gasteiger partial charge on any atom is -0.482 e. The minimum absolute atomic E-state index is 0.00540. The second-order valence-corrected chi connectivity index (χ2v) is 11.0. The monoisotopic (exact) mass is 494 g/mol. The van der Waals surface area contributed by atoms with E-state index in [-0.39, 0.29) is 11.1 Å². The van der Waals surface area contributed by atoms with Crippen LogP contribution in [0.2, 0.25) is 0 Å². The maximum Gasteiger partial charge on any atom is 0.341 e. The SMILES string of the molecule is CC(C)c1cccc(-c2ccc(S(=O)(=O)N(C)C3CCCc4c(OCC(=O)O)cccc43)nc2)c1. The third-order valence-corrected chi connectivity index (χ3v) is 8.27. The lowest BCUT2D eigenvalue weighted by Crippen LogP contribution is -2.34. The Kier molecular flexibility index (Phi) is 7.23. The van der Waals surface area contributed by atoms with Gasteiger partial charge in [0.1, 0.15) is 5.75 Å². The summed E-state index contributed by atoms with van der Waals surface area (Å²) >= 11 is 0. The Bertz CT molecular complexity index is 1320. The van der Waals surface area contributed by atoms with Crippen molar-refractivity contribution in [2.45, 2.75) is 50.1 Å². The van der Waals surface area contributed by atoms with Crippen LogP contribution in [0.3, 0.4) is 0 Å². The van der Waals surface area contributed by atoms with Crippen molar-refractivity contribution in [1.82, 2.24) is 9.29 Å². The Morgan fingerprint density at radius 3 is 2.60 bits per heavy atom. The summed E-state index contributed by atoms with van der Waals surface area (Å²) in [5.74, 6) is -0.170. The van der Waals surface area contributed by atoms with Gasteiger partial charge in [-0.05, 0) is 65.6 Å². The van der Waals surface area contributed by atoms with Crippen molar-refractivity contribution in [3.05, 3.63) is 77.5 Å². The third kappa shape index (κ3) is 5.23. The topological polar surface area (TPSA) is 96.8 Å². The van der Waals surface area contributed by atoms with Gasteiger partial charge in [0.05, 0.1) is 6.04 Å². The lowest BCUT2D eigenvalue weighted by Gasteiger charge is -2.33. The van der Waals surface area contributed by atoms with Gasteiger partial charge in [-0.3, -0.25) is 0 Å². The van der Waals surface area contributed by atoms with Crippen molar-refractivity contribution in [3.63, 3.8) is 0 Å². The number of pyridine rings is 1. The number of carboxylic acids is 1. The highest BCUT2D eigenvalue weighted by atomic mass is 32.2. The number of fused-ring (bicyclic) bond motifs is 1. The second-order valence-electron chi connectivity index (χ2n) is 9.10. The van der Waals surface area contributed by atoms with E-state index in [1.165, 1.54) is 9.87 Å². The molecule has 8 heteroatoms. The van der Waals surface area contributed by atoms with E-state index < -0.39 is 22.6 Å². The summed E-state index contributed by atoms with van der Waals surface area (Å²) in [6.45, 7) is 3.83. The summed E-state index contributed by atoms with van der Waals surface area (Å²) in [7, 11) is -2.28. The lowest BCUT2D eigenvalue weighted by atomic mass is 9.87. The molecule has 1 N–H and O–H groups in total. The standard InChI is InChI=1S/C27H30N2O5S/c1-18(2)19-7-4-8-20(15-19)21-13-14-26(28-16-21)35(32,33)29(3)24-11-5-10-23-22(24)9-6-12-25(23)34-17-27(30)31/h4,6-9,12-16,18,24H,5,10-11,17H2,1-3H3,(H,30,31). The molecule has 0 fully saturated rings. The van der Waals surface area contributed by atoms with Crippen LogP contribution < -0.4 is 4.74 Å². The first-order valence-electron chi connectivity index (χ1n) is 11.7. The first-order chi connectivity index (χ1) is 16.7. The van der Waals surface area contributed by atoms with Crippen molar-refractivity contribution >= 4 is 16.0 Å². The van der Waals surface area contributed by atoms with Gasteiger partial charge < -0.3 is 9.84 Å². The van der Waals surface area contributed by atoms with Gasteiger partial charge >= 0.3 is 5.97 Å². The molecule has 1 aliphatic rings. The number of aliphatic carboxylic acids is 1. The minimum atomic E-state index is -3.85. The van der Waals surface area contributed by atoms with E-state index in [4.69, 9.17) is 9.84 Å². The highest BCUT2D eigenvalue weighted by molar-refractivity contribution is 7.89. The molecule has 0 aliphatic heterocycles. The average Bonchev–Trinajstić information content (AvgIpc) is 2.86. The van der Waals surface area contributed by atoms with Gasteiger partial charge in [0, 0.05) is 18.8 Å². The fourth-order valence-corrected chi connectivity index (χ4v) is 5.81. The van der Waals surface area contributed by atoms with Gasteiger partial charge in [-0.15, -0.1) is 0 Å². The molecule has 1 atom stereocenters. The summed E-state index contributed by atoms with van der Waals surface area (Å²) < 4.78 is 33.8. The molecule has 1 aliphatic carbocycles. The van der Waals surface area contributed by atoms with E-state index >= 15 is 0 Å². The van der Waals surface area contributed by atoms with Crippen molar-refractivity contribution in [2.75, 3.05) is 13.7 Å². The molecular formula is C27H30N2O5S. The predicted octanol–water partition coefficient (Wildman–Crippen LogP) is 5.03. The molecule has 1 unspecified atom stereocenters. The van der Waals surface area contributed by atoms with E-state index in [0.717, 1.165) is 28.7 Å². The molecule has 7 nitrogen and oxygen atoms in total. The van der Waals surface area contributed by atoms with Crippen molar-refractivity contribution < 1.29 is 23.1 Å². The Labute approximate surface area is 206 Å². The lowest BCUT2D eigenvalue weighted by molar-refractivity contribution is -0.139. The number of ether oxygens (including phenoxy) is 1. The van der Waals surface area contributed by atoms with Crippen molar-refractivity contribution in [2.24, 2.45) is 0 Å². The van der Waals surface area contributed by atoms with Crippen LogP contribution >= 0.6 is 0 Å². The number of aromatic nitrogens is 1. The van der Waals surface area contributed by atoms with Crippen LogP contribution in [0.5, 0.6) is 5.75 Å². The number of carboxylic acid groups (broad SMARTS) is 1. The average molecular weight is 495 g/mol. The van der Waals surface area contributed by atoms with E-state index in [2.05, 4.69) is 31.0 Å². The molecular weight excluding hydrogens is 464 g/mol. The Morgan fingerprint density at radius 2 is 1.91 bits per heavy atom. The highest BCUT2D eigenvalue weighted by Gasteiger charge is 2.34. The predicted molar refractivity (Wildman–Crippen MR) is 134 cm³/mol. The van der Waals surface area contributed by atoms with Crippen LogP contribution in [-0.2, 0) is 21.2 Å². The zero-order chi connectivity index (χ0) is 25.2. The van der Waals surface area contributed by atoms with Crippen LogP contribution in [-0.4, -0.2) is 42.4 Å². The molecule has 184 valence electrons. The fourth-order valence-electron chi connectivity index (χ4n) is 4.54. The number of hydrogen-bond acceptors (Lipinski definition) is 5. The van der Waals surface area contributed by atoms with Crippen LogP contribution in [0, 0.1) is 0 Å². The smallest absolute Gasteiger partial charge is 0.341 e. The number of benzene rings is 2. The van der Waals surface area contributed by atoms with E-state index in [1.54, 1.807) is 37.5 Å².